The van der Waals surface area contributed by atoms with E-state index in [1.54, 1.807) is 0 Å². The van der Waals surface area contributed by atoms with Crippen LogP contribution in [0.4, 0.5) is 0 Å². The maximum atomic E-state index is 12.2. The highest BCUT2D eigenvalue weighted by Gasteiger charge is 2.23. The minimum atomic E-state index is -1.24. The third kappa shape index (κ3) is 11.5. The zero-order chi connectivity index (χ0) is 20.8. The molecule has 154 valence electrons. The molecule has 0 bridgehead atoms. The molecule has 11 heteroatoms. The number of carbonyl (C=O) groups excluding carboxylic acids is 4. The Labute approximate surface area is 157 Å². The highest BCUT2D eigenvalue weighted by molar-refractivity contribution is 5.87. The zero-order valence-electron chi connectivity index (χ0n) is 15.8. The minimum absolute atomic E-state index is 0.371. The Hall–Kier alpha value is -2.69. The number of hydrogen-bond donors (Lipinski definition) is 3. The molecule has 0 rings (SSSR count). The predicted molar refractivity (Wildman–Crippen MR) is 92.6 cm³/mol. The zero-order valence-corrected chi connectivity index (χ0v) is 15.8. The van der Waals surface area contributed by atoms with Gasteiger partial charge in [-0.3, -0.25) is 24.1 Å². The number of methoxy groups -OCH3 is 2. The number of aliphatic carboxylic acids is 1. The number of esters is 2. The van der Waals surface area contributed by atoms with Crippen LogP contribution < -0.4 is 10.6 Å². The summed E-state index contributed by atoms with van der Waals surface area (Å²) in [6.07, 6.45) is 1.89. The SMILES string of the molecule is CCCCC(NC(=O)CN(CC(=O)O)CC(=O)NCC(=O)OC)C(=O)OC. The second-order valence-corrected chi connectivity index (χ2v) is 5.68. The van der Waals surface area contributed by atoms with Gasteiger partial charge in [-0.15, -0.1) is 0 Å². The fourth-order valence-corrected chi connectivity index (χ4v) is 2.10. The number of carboxylic acids is 1. The summed E-state index contributed by atoms with van der Waals surface area (Å²) in [5, 5.41) is 13.7. The Morgan fingerprint density at radius 1 is 1.00 bits per heavy atom. The van der Waals surface area contributed by atoms with Crippen molar-refractivity contribution in [1.29, 1.82) is 0 Å². The summed E-state index contributed by atoms with van der Waals surface area (Å²) in [5.74, 6) is -3.77. The number of hydrogen-bond acceptors (Lipinski definition) is 8. The third-order valence-electron chi connectivity index (χ3n) is 3.42. The summed E-state index contributed by atoms with van der Waals surface area (Å²) in [7, 11) is 2.36. The van der Waals surface area contributed by atoms with Crippen LogP contribution in [0.1, 0.15) is 26.2 Å². The van der Waals surface area contributed by atoms with Crippen LogP contribution in [0.5, 0.6) is 0 Å². The number of carbonyl (C=O) groups is 5. The molecule has 0 heterocycles. The van der Waals surface area contributed by atoms with Crippen molar-refractivity contribution in [2.75, 3.05) is 40.4 Å². The third-order valence-corrected chi connectivity index (χ3v) is 3.42. The number of nitrogens with one attached hydrogen (secondary N) is 2. The second-order valence-electron chi connectivity index (χ2n) is 5.68. The van der Waals surface area contributed by atoms with Crippen molar-refractivity contribution >= 4 is 29.7 Å². The molecule has 0 radical (unpaired) electrons. The summed E-state index contributed by atoms with van der Waals surface area (Å²) < 4.78 is 9.01. The van der Waals surface area contributed by atoms with Gasteiger partial charge in [0.25, 0.3) is 0 Å². The van der Waals surface area contributed by atoms with E-state index < -0.39 is 55.4 Å². The van der Waals surface area contributed by atoms with Gasteiger partial charge < -0.3 is 25.2 Å². The molecule has 0 fully saturated rings. The van der Waals surface area contributed by atoms with Gasteiger partial charge in [-0.1, -0.05) is 19.8 Å². The number of unbranched alkanes of at least 4 members (excludes halogenated alkanes) is 1. The lowest BCUT2D eigenvalue weighted by Gasteiger charge is -2.21. The Kier molecular flexibility index (Phi) is 12.2. The van der Waals surface area contributed by atoms with Gasteiger partial charge in [0.05, 0.1) is 33.9 Å². The number of carboxylic acid groups (broad SMARTS) is 1. The van der Waals surface area contributed by atoms with E-state index in [4.69, 9.17) is 5.11 Å². The van der Waals surface area contributed by atoms with E-state index >= 15 is 0 Å². The van der Waals surface area contributed by atoms with Gasteiger partial charge in [0.1, 0.15) is 12.6 Å². The highest BCUT2D eigenvalue weighted by Crippen LogP contribution is 2.03. The van der Waals surface area contributed by atoms with Crippen LogP contribution in [-0.2, 0) is 33.4 Å². The van der Waals surface area contributed by atoms with E-state index in [1.165, 1.54) is 7.11 Å². The molecule has 0 spiro atoms. The average Bonchev–Trinajstić information content (AvgIpc) is 2.61. The smallest absolute Gasteiger partial charge is 0.328 e. The summed E-state index contributed by atoms with van der Waals surface area (Å²) >= 11 is 0. The molecule has 1 unspecified atom stereocenters. The van der Waals surface area contributed by atoms with Crippen molar-refractivity contribution < 1.29 is 38.6 Å². The summed E-state index contributed by atoms with van der Waals surface area (Å²) in [6, 6.07) is -0.845. The summed E-state index contributed by atoms with van der Waals surface area (Å²) in [5.41, 5.74) is 0. The maximum absolute atomic E-state index is 12.2. The van der Waals surface area contributed by atoms with Gasteiger partial charge >= 0.3 is 17.9 Å². The van der Waals surface area contributed by atoms with E-state index in [0.29, 0.717) is 12.8 Å². The van der Waals surface area contributed by atoms with E-state index in [1.807, 2.05) is 6.92 Å². The maximum Gasteiger partial charge on any atom is 0.328 e. The summed E-state index contributed by atoms with van der Waals surface area (Å²) in [6.45, 7) is 0.143. The van der Waals surface area contributed by atoms with E-state index in [0.717, 1.165) is 18.4 Å². The number of amides is 2. The molecule has 0 saturated heterocycles. The fraction of sp³-hybridized carbons (Fsp3) is 0.688. The van der Waals surface area contributed by atoms with Crippen molar-refractivity contribution in [2.24, 2.45) is 0 Å². The van der Waals surface area contributed by atoms with Crippen LogP contribution in [0.15, 0.2) is 0 Å². The largest absolute Gasteiger partial charge is 0.480 e. The van der Waals surface area contributed by atoms with Crippen molar-refractivity contribution in [1.82, 2.24) is 15.5 Å². The Balaban J connectivity index is 4.77. The first-order chi connectivity index (χ1) is 12.7. The van der Waals surface area contributed by atoms with Crippen LogP contribution >= 0.6 is 0 Å². The fourth-order valence-electron chi connectivity index (χ4n) is 2.10. The average molecular weight is 389 g/mol. The molecular weight excluding hydrogens is 362 g/mol. The first-order valence-electron chi connectivity index (χ1n) is 8.38. The van der Waals surface area contributed by atoms with Gasteiger partial charge in [0.15, 0.2) is 0 Å². The monoisotopic (exact) mass is 389 g/mol. The van der Waals surface area contributed by atoms with Crippen LogP contribution in [0.25, 0.3) is 0 Å². The van der Waals surface area contributed by atoms with E-state index in [-0.39, 0.29) is 6.54 Å². The normalized spacial score (nSPS) is 11.4. The van der Waals surface area contributed by atoms with Crippen LogP contribution in [0, 0.1) is 0 Å². The van der Waals surface area contributed by atoms with E-state index in [9.17, 15) is 24.0 Å². The number of ether oxygens (including phenoxy) is 2. The van der Waals surface area contributed by atoms with Gasteiger partial charge in [-0.25, -0.2) is 4.79 Å². The number of nitrogens with zero attached hydrogens (tertiary/aromatic N) is 1. The van der Waals surface area contributed by atoms with Crippen molar-refractivity contribution in [3.05, 3.63) is 0 Å². The van der Waals surface area contributed by atoms with Crippen molar-refractivity contribution in [3.63, 3.8) is 0 Å². The Bertz CT molecular complexity index is 538. The van der Waals surface area contributed by atoms with Crippen LogP contribution in [-0.4, -0.2) is 86.2 Å². The molecule has 0 aliphatic rings. The predicted octanol–water partition coefficient (Wildman–Crippen LogP) is -1.49. The lowest BCUT2D eigenvalue weighted by molar-refractivity contribution is -0.146. The molecule has 0 aromatic rings. The molecule has 27 heavy (non-hydrogen) atoms. The molecule has 0 aliphatic carbocycles. The van der Waals surface area contributed by atoms with Gasteiger partial charge in [0, 0.05) is 0 Å². The first-order valence-corrected chi connectivity index (χ1v) is 8.38. The molecular formula is C16H27N3O8. The molecule has 3 N–H and O–H groups in total. The van der Waals surface area contributed by atoms with Crippen LogP contribution in [0.2, 0.25) is 0 Å². The summed E-state index contributed by atoms with van der Waals surface area (Å²) in [4.78, 5) is 58.7. The van der Waals surface area contributed by atoms with Gasteiger partial charge in [-0.05, 0) is 6.42 Å². The molecule has 0 aliphatic heterocycles. The van der Waals surface area contributed by atoms with Gasteiger partial charge in [0.2, 0.25) is 11.8 Å². The standard InChI is InChI=1S/C16H27N3O8/c1-4-5-6-11(16(25)27-3)18-13(21)9-19(10-14(22)23)8-12(20)17-7-15(24)26-2/h11H,4-10H2,1-3H3,(H,17,20)(H,18,21)(H,22,23). The number of rotatable bonds is 13. The first kappa shape index (κ1) is 24.3. The molecule has 1 atom stereocenters. The lowest BCUT2D eigenvalue weighted by Crippen LogP contribution is -2.49. The van der Waals surface area contributed by atoms with Crippen molar-refractivity contribution in [2.45, 2.75) is 32.2 Å². The van der Waals surface area contributed by atoms with Crippen molar-refractivity contribution in [3.8, 4) is 0 Å². The highest BCUT2D eigenvalue weighted by atomic mass is 16.5. The van der Waals surface area contributed by atoms with Crippen LogP contribution in [0.3, 0.4) is 0 Å². The topological polar surface area (TPSA) is 151 Å². The van der Waals surface area contributed by atoms with E-state index in [2.05, 4.69) is 20.1 Å². The van der Waals surface area contributed by atoms with Gasteiger partial charge in [-0.2, -0.15) is 0 Å². The molecule has 0 saturated carbocycles. The quantitative estimate of drug-likeness (QED) is 0.320. The second kappa shape index (κ2) is 13.5. The Morgan fingerprint density at radius 3 is 2.15 bits per heavy atom. The lowest BCUT2D eigenvalue weighted by atomic mass is 10.1. The minimum Gasteiger partial charge on any atom is -0.480 e. The molecule has 11 nitrogen and oxygen atoms in total. The molecule has 2 amide bonds. The Morgan fingerprint density at radius 2 is 1.63 bits per heavy atom. The molecule has 0 aromatic carbocycles. The molecule has 0 aromatic heterocycles.